The van der Waals surface area contributed by atoms with Crippen molar-refractivity contribution >= 4 is 17.6 Å². The molecule has 2 rings (SSSR count). The number of nitrogens with zero attached hydrogens (tertiary/aromatic N) is 3. The molecule has 0 spiro atoms. The van der Waals surface area contributed by atoms with Crippen LogP contribution in [0.1, 0.15) is 34.8 Å². The lowest BCUT2D eigenvalue weighted by Crippen LogP contribution is -2.17. The van der Waals surface area contributed by atoms with Crippen molar-refractivity contribution in [2.45, 2.75) is 20.0 Å². The van der Waals surface area contributed by atoms with Gasteiger partial charge in [-0.1, -0.05) is 12.1 Å². The summed E-state index contributed by atoms with van der Waals surface area (Å²) in [5.74, 6) is -1.31. The molecule has 0 aliphatic carbocycles. The highest BCUT2D eigenvalue weighted by atomic mass is 16.6. The van der Waals surface area contributed by atoms with Gasteiger partial charge in [-0.2, -0.15) is 0 Å². The number of aromatic carboxylic acids is 1. The smallest absolute Gasteiger partial charge is 0.339 e. The van der Waals surface area contributed by atoms with Crippen LogP contribution in [0.4, 0.5) is 11.6 Å². The Bertz CT molecular complexity index is 778. The van der Waals surface area contributed by atoms with Gasteiger partial charge in [0.15, 0.2) is 5.75 Å². The number of nitro groups is 1. The maximum Gasteiger partial charge on any atom is 0.339 e. The van der Waals surface area contributed by atoms with Crippen molar-refractivity contribution in [2.75, 3.05) is 5.73 Å². The van der Waals surface area contributed by atoms with Gasteiger partial charge >= 0.3 is 11.7 Å². The van der Waals surface area contributed by atoms with Crippen molar-refractivity contribution < 1.29 is 19.6 Å². The highest BCUT2D eigenvalue weighted by Crippen LogP contribution is 2.31. The van der Waals surface area contributed by atoms with Gasteiger partial charge < -0.3 is 15.6 Å². The van der Waals surface area contributed by atoms with Crippen LogP contribution in [0, 0.1) is 17.0 Å². The summed E-state index contributed by atoms with van der Waals surface area (Å²) in [7, 11) is 0. The quantitative estimate of drug-likeness (QED) is 0.630. The molecule has 0 aliphatic rings. The Kier molecular flexibility index (Phi) is 4.39. The fourth-order valence-electron chi connectivity index (χ4n) is 2.13. The maximum atomic E-state index is 11.4. The zero-order chi connectivity index (χ0) is 17.1. The van der Waals surface area contributed by atoms with Crippen molar-refractivity contribution in [1.29, 1.82) is 0 Å². The molecular weight excluding hydrogens is 304 g/mol. The second-order valence-electron chi connectivity index (χ2n) is 4.72. The first-order chi connectivity index (χ1) is 10.8. The summed E-state index contributed by atoms with van der Waals surface area (Å²) >= 11 is 0. The summed E-state index contributed by atoms with van der Waals surface area (Å²) in [6.45, 7) is 3.02. The summed E-state index contributed by atoms with van der Waals surface area (Å²) in [4.78, 5) is 29.6. The highest BCUT2D eigenvalue weighted by Gasteiger charge is 2.25. The Morgan fingerprint density at radius 2 is 2.04 bits per heavy atom. The first-order valence-electron chi connectivity index (χ1n) is 6.58. The van der Waals surface area contributed by atoms with E-state index in [1.807, 2.05) is 0 Å². The Labute approximate surface area is 130 Å². The van der Waals surface area contributed by atoms with Gasteiger partial charge in [0, 0.05) is 6.07 Å². The number of nitrogen functional groups attached to an aromatic ring is 1. The molecule has 120 valence electrons. The van der Waals surface area contributed by atoms with Gasteiger partial charge in [0.25, 0.3) is 0 Å². The first-order valence-corrected chi connectivity index (χ1v) is 6.58. The lowest BCUT2D eigenvalue weighted by atomic mass is 10.1. The van der Waals surface area contributed by atoms with Crippen LogP contribution in [0.25, 0.3) is 0 Å². The van der Waals surface area contributed by atoms with Gasteiger partial charge in [-0.05, 0) is 19.9 Å². The van der Waals surface area contributed by atoms with Crippen molar-refractivity contribution in [3.8, 4) is 5.75 Å². The number of hydrogen-bond donors (Lipinski definition) is 2. The Balaban J connectivity index is 2.45. The number of carboxylic acids is 1. The van der Waals surface area contributed by atoms with Crippen LogP contribution in [0.15, 0.2) is 24.3 Å². The number of anilines is 1. The Morgan fingerprint density at radius 1 is 1.39 bits per heavy atom. The number of ether oxygens (including phenoxy) is 1. The molecule has 2 aromatic rings. The lowest BCUT2D eigenvalue weighted by molar-refractivity contribution is -0.386. The Hall–Kier alpha value is -3.23. The van der Waals surface area contributed by atoms with Crippen molar-refractivity contribution in [1.82, 2.24) is 9.97 Å². The average Bonchev–Trinajstić information content (AvgIpc) is 2.46. The molecule has 0 amide bonds. The topological polar surface area (TPSA) is 141 Å². The summed E-state index contributed by atoms with van der Waals surface area (Å²) in [6.07, 6.45) is -0.869. The predicted octanol–water partition coefficient (Wildman–Crippen LogP) is 2.11. The number of carbonyl (C=O) groups is 1. The molecule has 0 saturated carbocycles. The fraction of sp³-hybridized carbons (Fsp3) is 0.214. The van der Waals surface area contributed by atoms with Crippen molar-refractivity contribution in [3.05, 3.63) is 51.3 Å². The van der Waals surface area contributed by atoms with Crippen LogP contribution in [0.3, 0.4) is 0 Å². The summed E-state index contributed by atoms with van der Waals surface area (Å²) in [5, 5.41) is 20.3. The molecule has 3 N–H and O–H groups in total. The maximum absolute atomic E-state index is 11.4. The standard InChI is InChI=1S/C14H14N4O5/c1-7-11(13(19)20)12(17-14(15)16-7)8(2)23-10-6-4-3-5-9(10)18(21)22/h3-6,8H,1-2H3,(H,19,20)(H2,15,16,17). The van der Waals surface area contributed by atoms with Crippen LogP contribution >= 0.6 is 0 Å². The summed E-state index contributed by atoms with van der Waals surface area (Å²) < 4.78 is 5.54. The number of aromatic nitrogens is 2. The predicted molar refractivity (Wildman–Crippen MR) is 80.3 cm³/mol. The molecule has 1 aromatic heterocycles. The van der Waals surface area contributed by atoms with E-state index < -0.39 is 17.0 Å². The number of aryl methyl sites for hydroxylation is 1. The van der Waals surface area contributed by atoms with E-state index in [-0.39, 0.29) is 34.3 Å². The molecule has 0 fully saturated rings. The zero-order valence-corrected chi connectivity index (χ0v) is 12.4. The van der Waals surface area contributed by atoms with E-state index in [1.54, 1.807) is 6.07 Å². The molecule has 0 saturated heterocycles. The minimum Gasteiger partial charge on any atom is -0.478 e. The SMILES string of the molecule is Cc1nc(N)nc(C(C)Oc2ccccc2[N+](=O)[O-])c1C(=O)O. The van der Waals surface area contributed by atoms with Gasteiger partial charge in [0.2, 0.25) is 5.95 Å². The normalized spacial score (nSPS) is 11.7. The van der Waals surface area contributed by atoms with E-state index in [9.17, 15) is 20.0 Å². The monoisotopic (exact) mass is 318 g/mol. The van der Waals surface area contributed by atoms with Gasteiger partial charge in [0.05, 0.1) is 10.6 Å². The van der Waals surface area contributed by atoms with Crippen molar-refractivity contribution in [2.24, 2.45) is 0 Å². The molecule has 9 nitrogen and oxygen atoms in total. The number of rotatable bonds is 5. The molecule has 9 heteroatoms. The second-order valence-corrected chi connectivity index (χ2v) is 4.72. The van der Waals surface area contributed by atoms with E-state index in [4.69, 9.17) is 10.5 Å². The van der Waals surface area contributed by atoms with Crippen LogP contribution in [-0.2, 0) is 0 Å². The van der Waals surface area contributed by atoms with Gasteiger partial charge in [0.1, 0.15) is 17.4 Å². The van der Waals surface area contributed by atoms with E-state index in [0.717, 1.165) is 0 Å². The minimum absolute atomic E-state index is 0.0103. The molecular formula is C14H14N4O5. The number of hydrogen-bond acceptors (Lipinski definition) is 7. The van der Waals surface area contributed by atoms with Crippen LogP contribution in [0.5, 0.6) is 5.75 Å². The third kappa shape index (κ3) is 3.34. The molecule has 23 heavy (non-hydrogen) atoms. The molecule has 0 aliphatic heterocycles. The molecule has 0 bridgehead atoms. The van der Waals surface area contributed by atoms with E-state index in [0.29, 0.717) is 0 Å². The third-order valence-corrected chi connectivity index (χ3v) is 3.10. The highest BCUT2D eigenvalue weighted by molar-refractivity contribution is 5.90. The minimum atomic E-state index is -1.23. The first kappa shape index (κ1) is 16.1. The molecule has 1 aromatic carbocycles. The van der Waals surface area contributed by atoms with E-state index in [2.05, 4.69) is 9.97 Å². The van der Waals surface area contributed by atoms with Crippen LogP contribution in [-0.4, -0.2) is 26.0 Å². The van der Waals surface area contributed by atoms with Gasteiger partial charge in [-0.15, -0.1) is 0 Å². The largest absolute Gasteiger partial charge is 0.478 e. The van der Waals surface area contributed by atoms with Gasteiger partial charge in [-0.25, -0.2) is 14.8 Å². The summed E-state index contributed by atoms with van der Waals surface area (Å²) in [5.41, 5.74) is 5.45. The molecule has 0 radical (unpaired) electrons. The molecule has 1 heterocycles. The third-order valence-electron chi connectivity index (χ3n) is 3.10. The number of benzene rings is 1. The molecule has 1 atom stereocenters. The van der Waals surface area contributed by atoms with Crippen LogP contribution in [0.2, 0.25) is 0 Å². The number of carboxylic acid groups (broad SMARTS) is 1. The lowest BCUT2D eigenvalue weighted by Gasteiger charge is -2.17. The Morgan fingerprint density at radius 3 is 2.65 bits per heavy atom. The average molecular weight is 318 g/mol. The number of para-hydroxylation sites is 2. The van der Waals surface area contributed by atoms with Crippen molar-refractivity contribution in [3.63, 3.8) is 0 Å². The molecule has 1 unspecified atom stereocenters. The summed E-state index contributed by atoms with van der Waals surface area (Å²) in [6, 6.07) is 5.80. The van der Waals surface area contributed by atoms with Gasteiger partial charge in [-0.3, -0.25) is 10.1 Å². The number of nitrogens with two attached hydrogens (primary N) is 1. The zero-order valence-electron chi connectivity index (χ0n) is 12.4. The van der Waals surface area contributed by atoms with E-state index in [1.165, 1.54) is 32.0 Å². The second kappa shape index (κ2) is 6.26. The van der Waals surface area contributed by atoms with E-state index >= 15 is 0 Å². The number of nitro benzene ring substituents is 1. The fourth-order valence-corrected chi connectivity index (χ4v) is 2.13. The van der Waals surface area contributed by atoms with Crippen LogP contribution < -0.4 is 10.5 Å².